The van der Waals surface area contributed by atoms with Crippen molar-refractivity contribution in [3.63, 3.8) is 0 Å². The van der Waals surface area contributed by atoms with Crippen LogP contribution in [0.15, 0.2) is 16.2 Å². The van der Waals surface area contributed by atoms with Crippen molar-refractivity contribution >= 4 is 21.9 Å². The molecule has 0 atom stereocenters. The van der Waals surface area contributed by atoms with Gasteiger partial charge in [0.15, 0.2) is 0 Å². The Labute approximate surface area is 88.1 Å². The van der Waals surface area contributed by atoms with Crippen LogP contribution >= 0.6 is 0 Å². The van der Waals surface area contributed by atoms with Gasteiger partial charge in [-0.15, -0.1) is 4.40 Å². The molecule has 1 rings (SSSR count). The molecule has 0 fully saturated rings. The number of carboxylic acid groups (broad SMARTS) is 1. The molecule has 0 bridgehead atoms. The summed E-state index contributed by atoms with van der Waals surface area (Å²) in [5, 5.41) is 8.79. The van der Waals surface area contributed by atoms with E-state index < -0.39 is 16.2 Å². The van der Waals surface area contributed by atoms with Crippen LogP contribution in [0.5, 0.6) is 0 Å². The Morgan fingerprint density at radius 2 is 2.20 bits per heavy atom. The summed E-state index contributed by atoms with van der Waals surface area (Å²) in [6.07, 6.45) is 1.71. The summed E-state index contributed by atoms with van der Waals surface area (Å²) < 4.78 is 27.2. The maximum absolute atomic E-state index is 11.5. The molecule has 1 aliphatic heterocycles. The third-order valence-electron chi connectivity index (χ3n) is 1.89. The molecule has 84 valence electrons. The van der Waals surface area contributed by atoms with Gasteiger partial charge in [-0.1, -0.05) is 6.92 Å². The average Bonchev–Trinajstić information content (AvgIpc) is 2.08. The zero-order valence-corrected chi connectivity index (χ0v) is 9.28. The second kappa shape index (κ2) is 4.01. The highest BCUT2D eigenvalue weighted by molar-refractivity contribution is 7.88. The zero-order chi connectivity index (χ0) is 11.6. The first-order valence-electron chi connectivity index (χ1n) is 4.42. The molecule has 7 heteroatoms. The largest absolute Gasteiger partial charge is 0.478 e. The van der Waals surface area contributed by atoms with E-state index in [1.807, 2.05) is 0 Å². The quantitative estimate of drug-likeness (QED) is 0.762. The lowest BCUT2D eigenvalue weighted by atomic mass is 10.2. The van der Waals surface area contributed by atoms with Crippen molar-refractivity contribution in [2.45, 2.75) is 20.3 Å². The predicted octanol–water partition coefficient (Wildman–Crippen LogP) is 0.386. The first-order chi connectivity index (χ1) is 6.88. The van der Waals surface area contributed by atoms with Gasteiger partial charge in [-0.2, -0.15) is 8.42 Å². The van der Waals surface area contributed by atoms with Crippen LogP contribution in [0.25, 0.3) is 0 Å². The van der Waals surface area contributed by atoms with E-state index in [1.54, 1.807) is 6.92 Å². The smallest absolute Gasteiger partial charge is 0.344 e. The molecule has 0 amide bonds. The molecule has 0 radical (unpaired) electrons. The number of carboxylic acids is 1. The minimum absolute atomic E-state index is 0.00912. The third kappa shape index (κ3) is 2.35. The molecule has 0 saturated heterocycles. The molecule has 1 N–H and O–H groups in total. The molecule has 0 unspecified atom stereocenters. The van der Waals surface area contributed by atoms with Gasteiger partial charge >= 0.3 is 16.2 Å². The summed E-state index contributed by atoms with van der Waals surface area (Å²) in [5.74, 6) is -1.17. The van der Waals surface area contributed by atoms with Gasteiger partial charge in [0.25, 0.3) is 0 Å². The van der Waals surface area contributed by atoms with Crippen molar-refractivity contribution in [1.29, 1.82) is 0 Å². The van der Waals surface area contributed by atoms with E-state index >= 15 is 0 Å². The second-order valence-corrected chi connectivity index (χ2v) is 4.66. The normalized spacial score (nSPS) is 19.5. The Morgan fingerprint density at radius 1 is 1.60 bits per heavy atom. The molecule has 6 nitrogen and oxygen atoms in total. The molecule has 0 spiro atoms. The van der Waals surface area contributed by atoms with Crippen LogP contribution in [0.1, 0.15) is 20.3 Å². The molecule has 15 heavy (non-hydrogen) atoms. The van der Waals surface area contributed by atoms with E-state index in [0.717, 1.165) is 10.5 Å². The second-order valence-electron chi connectivity index (χ2n) is 3.11. The minimum atomic E-state index is -3.72. The van der Waals surface area contributed by atoms with E-state index in [4.69, 9.17) is 5.11 Å². The van der Waals surface area contributed by atoms with Crippen LogP contribution in [-0.2, 0) is 15.0 Å². The Bertz CT molecular complexity index is 436. The van der Waals surface area contributed by atoms with E-state index in [0.29, 0.717) is 6.42 Å². The minimum Gasteiger partial charge on any atom is -0.478 e. The number of nitrogens with zero attached hydrogens (tertiary/aromatic N) is 2. The van der Waals surface area contributed by atoms with Gasteiger partial charge in [-0.3, -0.25) is 4.31 Å². The standard InChI is InChI=1S/C8H12N2O4S/c1-3-4-10-5-7(8(11)12)6(2)9-15(10,13)14/h5H,3-4H2,1-2H3,(H,11,12). The zero-order valence-electron chi connectivity index (χ0n) is 8.47. The summed E-state index contributed by atoms with van der Waals surface area (Å²) in [5.41, 5.74) is -0.0758. The van der Waals surface area contributed by atoms with Crippen molar-refractivity contribution < 1.29 is 18.3 Å². The van der Waals surface area contributed by atoms with Gasteiger partial charge in [0, 0.05) is 12.7 Å². The molecule has 0 aromatic rings. The average molecular weight is 232 g/mol. The molecule has 0 aromatic carbocycles. The van der Waals surface area contributed by atoms with Crippen molar-refractivity contribution in [3.05, 3.63) is 11.8 Å². The SMILES string of the molecule is CCCN1C=C(C(=O)O)C(C)=NS1(=O)=O. The van der Waals surface area contributed by atoms with E-state index in [1.165, 1.54) is 6.92 Å². The van der Waals surface area contributed by atoms with Crippen LogP contribution in [0.4, 0.5) is 0 Å². The summed E-state index contributed by atoms with van der Waals surface area (Å²) >= 11 is 0. The lowest BCUT2D eigenvalue weighted by molar-refractivity contribution is -0.132. The van der Waals surface area contributed by atoms with E-state index in [9.17, 15) is 13.2 Å². The maximum Gasteiger partial charge on any atom is 0.344 e. The molecule has 1 heterocycles. The number of hydrogen-bond donors (Lipinski definition) is 1. The molecule has 0 aliphatic carbocycles. The summed E-state index contributed by atoms with van der Waals surface area (Å²) in [4.78, 5) is 10.8. The third-order valence-corrected chi connectivity index (χ3v) is 3.27. The molecular weight excluding hydrogens is 220 g/mol. The van der Waals surface area contributed by atoms with Gasteiger partial charge in [0.1, 0.15) is 0 Å². The first kappa shape index (κ1) is 11.7. The van der Waals surface area contributed by atoms with Gasteiger partial charge in [-0.05, 0) is 13.3 Å². The Balaban J connectivity index is 3.15. The Hall–Kier alpha value is -1.37. The lowest BCUT2D eigenvalue weighted by Gasteiger charge is -2.21. The monoisotopic (exact) mass is 232 g/mol. The molecule has 1 aliphatic rings. The predicted molar refractivity (Wildman–Crippen MR) is 54.7 cm³/mol. The number of carbonyl (C=O) groups is 1. The van der Waals surface area contributed by atoms with E-state index in [2.05, 4.69) is 4.40 Å². The van der Waals surface area contributed by atoms with E-state index in [-0.39, 0.29) is 17.8 Å². The molecular formula is C8H12N2O4S. The van der Waals surface area contributed by atoms with Crippen LogP contribution < -0.4 is 0 Å². The van der Waals surface area contributed by atoms with Crippen LogP contribution in [0.2, 0.25) is 0 Å². The van der Waals surface area contributed by atoms with Crippen LogP contribution in [-0.4, -0.2) is 36.1 Å². The highest BCUT2D eigenvalue weighted by Gasteiger charge is 2.26. The lowest BCUT2D eigenvalue weighted by Crippen LogP contribution is -2.31. The number of hydrogen-bond acceptors (Lipinski definition) is 3. The maximum atomic E-state index is 11.5. The van der Waals surface area contributed by atoms with Crippen molar-refractivity contribution in [2.75, 3.05) is 6.54 Å². The summed E-state index contributed by atoms with van der Waals surface area (Å²) in [6.45, 7) is 3.39. The van der Waals surface area contributed by atoms with Gasteiger partial charge in [0.2, 0.25) is 0 Å². The topological polar surface area (TPSA) is 87.0 Å². The Kier molecular flexibility index (Phi) is 3.13. The fourth-order valence-corrected chi connectivity index (χ4v) is 2.39. The fraction of sp³-hybridized carbons (Fsp3) is 0.500. The van der Waals surface area contributed by atoms with Crippen LogP contribution in [0, 0.1) is 0 Å². The number of rotatable bonds is 3. The van der Waals surface area contributed by atoms with Gasteiger partial charge < -0.3 is 5.11 Å². The van der Waals surface area contributed by atoms with Crippen LogP contribution in [0.3, 0.4) is 0 Å². The van der Waals surface area contributed by atoms with Gasteiger partial charge in [-0.25, -0.2) is 4.79 Å². The highest BCUT2D eigenvalue weighted by Crippen LogP contribution is 2.16. The molecule has 0 saturated carbocycles. The van der Waals surface area contributed by atoms with Crippen molar-refractivity contribution in [1.82, 2.24) is 4.31 Å². The fourth-order valence-electron chi connectivity index (χ4n) is 1.19. The first-order valence-corrected chi connectivity index (χ1v) is 5.82. The van der Waals surface area contributed by atoms with Crippen molar-refractivity contribution in [2.24, 2.45) is 4.40 Å². The van der Waals surface area contributed by atoms with Gasteiger partial charge in [0.05, 0.1) is 11.3 Å². The summed E-state index contributed by atoms with van der Waals surface area (Å²) in [7, 11) is -3.72. The summed E-state index contributed by atoms with van der Waals surface area (Å²) in [6, 6.07) is 0. The van der Waals surface area contributed by atoms with Crippen molar-refractivity contribution in [3.8, 4) is 0 Å². The Morgan fingerprint density at radius 3 is 2.67 bits per heavy atom. The highest BCUT2D eigenvalue weighted by atomic mass is 32.2. The number of aliphatic carboxylic acids is 1. The molecule has 0 aromatic heterocycles.